The number of methoxy groups -OCH3 is 1. The van der Waals surface area contributed by atoms with Gasteiger partial charge in [0.15, 0.2) is 5.75 Å². The van der Waals surface area contributed by atoms with E-state index in [9.17, 15) is 10.1 Å². The van der Waals surface area contributed by atoms with E-state index in [4.69, 9.17) is 9.47 Å². The number of nitrogens with zero attached hydrogens (tertiary/aromatic N) is 1. The maximum atomic E-state index is 11.3. The average molecular weight is 294 g/mol. The molecule has 0 aliphatic heterocycles. The van der Waals surface area contributed by atoms with Crippen molar-refractivity contribution in [2.24, 2.45) is 5.41 Å². The highest BCUT2D eigenvalue weighted by Gasteiger charge is 2.42. The average Bonchev–Trinajstić information content (AvgIpc) is 3.24. The lowest BCUT2D eigenvalue weighted by Crippen LogP contribution is -2.18. The van der Waals surface area contributed by atoms with Crippen molar-refractivity contribution >= 4 is 11.4 Å². The fraction of sp³-hybridized carbons (Fsp3) is 0.600. The van der Waals surface area contributed by atoms with Gasteiger partial charge in [0.05, 0.1) is 11.5 Å². The van der Waals surface area contributed by atoms with Gasteiger partial charge in [-0.1, -0.05) is 6.07 Å². The highest BCUT2D eigenvalue weighted by Crippen LogP contribution is 2.49. The van der Waals surface area contributed by atoms with Crippen LogP contribution in [0.3, 0.4) is 0 Å². The van der Waals surface area contributed by atoms with Gasteiger partial charge in [-0.05, 0) is 43.7 Å². The zero-order valence-corrected chi connectivity index (χ0v) is 12.6. The van der Waals surface area contributed by atoms with E-state index < -0.39 is 0 Å². The van der Waals surface area contributed by atoms with Crippen LogP contribution in [-0.4, -0.2) is 31.8 Å². The molecule has 0 atom stereocenters. The monoisotopic (exact) mass is 294 g/mol. The summed E-state index contributed by atoms with van der Waals surface area (Å²) < 4.78 is 10.5. The van der Waals surface area contributed by atoms with Crippen LogP contribution in [0.4, 0.5) is 11.4 Å². The number of benzene rings is 1. The third-order valence-electron chi connectivity index (χ3n) is 3.93. The molecule has 0 radical (unpaired) electrons. The normalized spacial score (nSPS) is 15.5. The van der Waals surface area contributed by atoms with Crippen LogP contribution in [0.15, 0.2) is 18.2 Å². The Kier molecular flexibility index (Phi) is 5.01. The molecule has 6 heteroatoms. The van der Waals surface area contributed by atoms with Crippen molar-refractivity contribution in [1.82, 2.24) is 0 Å². The van der Waals surface area contributed by atoms with Gasteiger partial charge in [-0.25, -0.2) is 0 Å². The van der Waals surface area contributed by atoms with E-state index in [-0.39, 0.29) is 16.0 Å². The van der Waals surface area contributed by atoms with Crippen molar-refractivity contribution in [1.29, 1.82) is 0 Å². The summed E-state index contributed by atoms with van der Waals surface area (Å²) in [6.07, 6.45) is 3.26. The first-order valence-corrected chi connectivity index (χ1v) is 7.25. The molecule has 0 heterocycles. The Hall–Kier alpha value is -1.82. The molecule has 0 unspecified atom stereocenters. The molecule has 1 aliphatic rings. The fourth-order valence-electron chi connectivity index (χ4n) is 2.42. The van der Waals surface area contributed by atoms with Crippen LogP contribution in [0, 0.1) is 15.5 Å². The predicted octanol–water partition coefficient (Wildman–Crippen LogP) is 3.22. The summed E-state index contributed by atoms with van der Waals surface area (Å²) in [5, 5.41) is 14.5. The molecule has 21 heavy (non-hydrogen) atoms. The number of hydrogen-bond acceptors (Lipinski definition) is 5. The molecule has 1 aromatic carbocycles. The summed E-state index contributed by atoms with van der Waals surface area (Å²) in [5.74, 6) is 0.314. The van der Waals surface area contributed by atoms with Crippen molar-refractivity contribution in [3.63, 3.8) is 0 Å². The molecule has 1 N–H and O–H groups in total. The number of anilines is 1. The first-order chi connectivity index (χ1) is 10.1. The fourth-order valence-corrected chi connectivity index (χ4v) is 2.42. The van der Waals surface area contributed by atoms with Crippen LogP contribution in [0.5, 0.6) is 5.75 Å². The molecule has 0 saturated heterocycles. The van der Waals surface area contributed by atoms with E-state index in [0.717, 1.165) is 32.4 Å². The van der Waals surface area contributed by atoms with E-state index >= 15 is 0 Å². The van der Waals surface area contributed by atoms with E-state index in [1.165, 1.54) is 0 Å². The van der Waals surface area contributed by atoms with E-state index in [0.29, 0.717) is 18.0 Å². The summed E-state index contributed by atoms with van der Waals surface area (Å²) in [7, 11) is 1.69. The minimum Gasteiger partial charge on any atom is -0.487 e. The van der Waals surface area contributed by atoms with Gasteiger partial charge in [0.1, 0.15) is 5.69 Å². The van der Waals surface area contributed by atoms with Gasteiger partial charge in [-0.15, -0.1) is 0 Å². The summed E-state index contributed by atoms with van der Waals surface area (Å²) in [6, 6.07) is 5.13. The lowest BCUT2D eigenvalue weighted by molar-refractivity contribution is -0.384. The van der Waals surface area contributed by atoms with Gasteiger partial charge in [-0.2, -0.15) is 0 Å². The summed E-state index contributed by atoms with van der Waals surface area (Å²) in [4.78, 5) is 10.9. The first-order valence-electron chi connectivity index (χ1n) is 7.25. The van der Waals surface area contributed by atoms with E-state index in [2.05, 4.69) is 5.32 Å². The molecule has 2 rings (SSSR count). The SMILES string of the molecule is CCOc1cccc(NCC2(CCOC)CC2)c1[N+](=O)[O-]. The van der Waals surface area contributed by atoms with Crippen molar-refractivity contribution in [3.05, 3.63) is 28.3 Å². The van der Waals surface area contributed by atoms with Gasteiger partial charge in [0.25, 0.3) is 0 Å². The minimum absolute atomic E-state index is 0.0156. The topological polar surface area (TPSA) is 73.6 Å². The molecule has 1 fully saturated rings. The molecule has 0 bridgehead atoms. The Bertz CT molecular complexity index is 500. The molecule has 6 nitrogen and oxygen atoms in total. The summed E-state index contributed by atoms with van der Waals surface area (Å²) >= 11 is 0. The zero-order valence-electron chi connectivity index (χ0n) is 12.6. The van der Waals surface area contributed by atoms with Gasteiger partial charge in [0, 0.05) is 20.3 Å². The molecular weight excluding hydrogens is 272 g/mol. The molecule has 1 aliphatic carbocycles. The zero-order chi connectivity index (χ0) is 15.3. The molecule has 116 valence electrons. The second-order valence-electron chi connectivity index (χ2n) is 5.44. The third kappa shape index (κ3) is 3.85. The molecule has 1 aromatic rings. The van der Waals surface area contributed by atoms with Gasteiger partial charge >= 0.3 is 5.69 Å². The van der Waals surface area contributed by atoms with Crippen LogP contribution in [0.1, 0.15) is 26.2 Å². The van der Waals surface area contributed by atoms with Crippen LogP contribution in [-0.2, 0) is 4.74 Å². The predicted molar refractivity (Wildman–Crippen MR) is 80.9 cm³/mol. The van der Waals surface area contributed by atoms with Gasteiger partial charge in [-0.3, -0.25) is 10.1 Å². The third-order valence-corrected chi connectivity index (χ3v) is 3.93. The van der Waals surface area contributed by atoms with Crippen LogP contribution in [0.2, 0.25) is 0 Å². The Morgan fingerprint density at radius 1 is 1.43 bits per heavy atom. The number of nitro groups is 1. The second-order valence-corrected chi connectivity index (χ2v) is 5.44. The Labute approximate surface area is 124 Å². The molecule has 0 spiro atoms. The Balaban J connectivity index is 2.09. The van der Waals surface area contributed by atoms with Crippen molar-refractivity contribution in [2.75, 3.05) is 32.2 Å². The molecule has 1 saturated carbocycles. The van der Waals surface area contributed by atoms with Crippen LogP contribution < -0.4 is 10.1 Å². The number of nitro benzene ring substituents is 1. The largest absolute Gasteiger partial charge is 0.487 e. The van der Waals surface area contributed by atoms with Crippen molar-refractivity contribution < 1.29 is 14.4 Å². The lowest BCUT2D eigenvalue weighted by atomic mass is 10.0. The maximum absolute atomic E-state index is 11.3. The quantitative estimate of drug-likeness (QED) is 0.559. The molecule has 0 amide bonds. The van der Waals surface area contributed by atoms with Crippen LogP contribution >= 0.6 is 0 Å². The summed E-state index contributed by atoms with van der Waals surface area (Å²) in [5.41, 5.74) is 0.766. The van der Waals surface area contributed by atoms with Gasteiger partial charge in [0.2, 0.25) is 0 Å². The van der Waals surface area contributed by atoms with Crippen molar-refractivity contribution in [3.8, 4) is 5.75 Å². The standard InChI is InChI=1S/C15H22N2O4/c1-3-21-13-6-4-5-12(14(13)17(18)19)16-11-15(7-8-15)9-10-20-2/h4-6,16H,3,7-11H2,1-2H3. The highest BCUT2D eigenvalue weighted by atomic mass is 16.6. The number of rotatable bonds is 9. The van der Waals surface area contributed by atoms with Gasteiger partial charge < -0.3 is 14.8 Å². The minimum atomic E-state index is -0.387. The Morgan fingerprint density at radius 3 is 2.76 bits per heavy atom. The van der Waals surface area contributed by atoms with Crippen LogP contribution in [0.25, 0.3) is 0 Å². The lowest BCUT2D eigenvalue weighted by Gasteiger charge is -2.17. The second kappa shape index (κ2) is 6.76. The molecule has 0 aromatic heterocycles. The summed E-state index contributed by atoms with van der Waals surface area (Å²) in [6.45, 7) is 3.67. The van der Waals surface area contributed by atoms with Crippen molar-refractivity contribution in [2.45, 2.75) is 26.2 Å². The number of hydrogen-bond donors (Lipinski definition) is 1. The number of nitrogens with one attached hydrogen (secondary N) is 1. The van der Waals surface area contributed by atoms with E-state index in [1.807, 2.05) is 6.92 Å². The first kappa shape index (κ1) is 15.6. The maximum Gasteiger partial charge on any atom is 0.333 e. The number of ether oxygens (including phenoxy) is 2. The molecular formula is C15H22N2O4. The van der Waals surface area contributed by atoms with E-state index in [1.54, 1.807) is 25.3 Å². The number of para-hydroxylation sites is 1. The highest BCUT2D eigenvalue weighted by molar-refractivity contribution is 5.68. The smallest absolute Gasteiger partial charge is 0.333 e. The Morgan fingerprint density at radius 2 is 2.19 bits per heavy atom.